The van der Waals surface area contributed by atoms with E-state index in [1.807, 2.05) is 86.8 Å². The zero-order chi connectivity index (χ0) is 27.7. The highest BCUT2D eigenvalue weighted by molar-refractivity contribution is 7.14. The molecule has 202 valence electrons. The van der Waals surface area contributed by atoms with E-state index >= 15 is 0 Å². The summed E-state index contributed by atoms with van der Waals surface area (Å²) >= 11 is 1.37. The number of anilines is 2. The first-order valence-corrected chi connectivity index (χ1v) is 13.9. The smallest absolute Gasteiger partial charge is 0.321 e. The molecule has 0 aliphatic rings. The molecule has 0 aliphatic carbocycles. The maximum Gasteiger partial charge on any atom is 0.321 e. The van der Waals surface area contributed by atoms with Gasteiger partial charge >= 0.3 is 6.03 Å². The van der Waals surface area contributed by atoms with Crippen LogP contribution in [0.25, 0.3) is 11.3 Å². The predicted octanol–water partition coefficient (Wildman–Crippen LogP) is 6.76. The third kappa shape index (κ3) is 9.35. The van der Waals surface area contributed by atoms with Crippen molar-refractivity contribution in [2.45, 2.75) is 45.8 Å². The Morgan fingerprint density at radius 2 is 1.41 bits per heavy atom. The summed E-state index contributed by atoms with van der Waals surface area (Å²) in [5.74, 6) is -0.0288. The Hall–Kier alpha value is -4.01. The molecule has 0 bridgehead atoms. The van der Waals surface area contributed by atoms with Crippen LogP contribution in [0.1, 0.15) is 38.3 Å². The van der Waals surface area contributed by atoms with Gasteiger partial charge in [0.25, 0.3) is 0 Å². The molecule has 0 radical (unpaired) electrons. The van der Waals surface area contributed by atoms with E-state index in [0.717, 1.165) is 30.0 Å². The van der Waals surface area contributed by atoms with Gasteiger partial charge in [-0.15, -0.1) is 11.3 Å². The first kappa shape index (κ1) is 28.0. The topological polar surface area (TPSA) is 86.4 Å². The normalized spacial score (nSPS) is 11.3. The van der Waals surface area contributed by atoms with E-state index in [1.54, 1.807) is 0 Å². The lowest BCUT2D eigenvalue weighted by Crippen LogP contribution is -2.43. The number of urea groups is 1. The van der Waals surface area contributed by atoms with E-state index < -0.39 is 0 Å². The summed E-state index contributed by atoms with van der Waals surface area (Å²) in [5.41, 5.74) is 4.53. The fourth-order valence-electron chi connectivity index (χ4n) is 4.04. The van der Waals surface area contributed by atoms with Crippen molar-refractivity contribution in [2.24, 2.45) is 0 Å². The molecule has 0 aliphatic heterocycles. The molecule has 0 saturated heterocycles. The number of carbonyl (C=O) groups excluding carboxylic acids is 2. The number of nitrogens with one attached hydrogen (secondary N) is 3. The zero-order valence-corrected chi connectivity index (χ0v) is 23.4. The average molecular weight is 542 g/mol. The van der Waals surface area contributed by atoms with Crippen LogP contribution in [0, 0.1) is 0 Å². The summed E-state index contributed by atoms with van der Waals surface area (Å²) in [4.78, 5) is 31.7. The van der Waals surface area contributed by atoms with Crippen LogP contribution in [0.15, 0.2) is 90.3 Å². The van der Waals surface area contributed by atoms with Crippen molar-refractivity contribution in [1.82, 2.24) is 15.2 Å². The SMILES string of the molecule is CC(C)(C)NC(=O)Nc1nc(-c2ccc(NC(=O)CCN(Cc3ccccc3)Cc3ccccc3)cc2)cs1. The molecule has 8 heteroatoms. The van der Waals surface area contributed by atoms with Gasteiger partial charge in [0.05, 0.1) is 5.69 Å². The van der Waals surface area contributed by atoms with Crippen LogP contribution < -0.4 is 16.0 Å². The molecule has 0 unspecified atom stereocenters. The molecular formula is C31H35N5O2S. The van der Waals surface area contributed by atoms with Gasteiger partial charge in [-0.25, -0.2) is 9.78 Å². The van der Waals surface area contributed by atoms with Gasteiger partial charge in [-0.2, -0.15) is 0 Å². The number of amides is 3. The first-order valence-electron chi connectivity index (χ1n) is 13.0. The Labute approximate surface area is 234 Å². The van der Waals surface area contributed by atoms with E-state index in [4.69, 9.17) is 0 Å². The molecule has 3 amide bonds. The zero-order valence-electron chi connectivity index (χ0n) is 22.6. The third-order valence-electron chi connectivity index (χ3n) is 5.83. The quantitative estimate of drug-likeness (QED) is 0.207. The predicted molar refractivity (Wildman–Crippen MR) is 160 cm³/mol. The van der Waals surface area contributed by atoms with Crippen molar-refractivity contribution < 1.29 is 9.59 Å². The molecule has 0 spiro atoms. The lowest BCUT2D eigenvalue weighted by molar-refractivity contribution is -0.116. The van der Waals surface area contributed by atoms with E-state index in [2.05, 4.69) is 50.1 Å². The third-order valence-corrected chi connectivity index (χ3v) is 6.59. The molecule has 1 aromatic heterocycles. The average Bonchev–Trinajstić information content (AvgIpc) is 3.36. The molecule has 3 N–H and O–H groups in total. The summed E-state index contributed by atoms with van der Waals surface area (Å²) in [5, 5.41) is 11.1. The van der Waals surface area contributed by atoms with Crippen LogP contribution in [0.3, 0.4) is 0 Å². The minimum absolute atomic E-state index is 0.0288. The first-order chi connectivity index (χ1) is 18.7. The van der Waals surface area contributed by atoms with Crippen molar-refractivity contribution in [3.63, 3.8) is 0 Å². The van der Waals surface area contributed by atoms with Crippen LogP contribution in [-0.4, -0.2) is 33.9 Å². The van der Waals surface area contributed by atoms with Gasteiger partial charge in [0, 0.05) is 48.2 Å². The number of hydrogen-bond donors (Lipinski definition) is 3. The lowest BCUT2D eigenvalue weighted by atomic mass is 10.1. The number of benzene rings is 3. The summed E-state index contributed by atoms with van der Waals surface area (Å²) in [7, 11) is 0. The van der Waals surface area contributed by atoms with Crippen LogP contribution in [-0.2, 0) is 17.9 Å². The number of aromatic nitrogens is 1. The van der Waals surface area contributed by atoms with Crippen molar-refractivity contribution in [3.05, 3.63) is 101 Å². The fourth-order valence-corrected chi connectivity index (χ4v) is 4.75. The van der Waals surface area contributed by atoms with Gasteiger partial charge in [-0.1, -0.05) is 72.8 Å². The highest BCUT2D eigenvalue weighted by atomic mass is 32.1. The Morgan fingerprint density at radius 3 is 1.97 bits per heavy atom. The maximum absolute atomic E-state index is 12.8. The van der Waals surface area contributed by atoms with Crippen molar-refractivity contribution in [1.29, 1.82) is 0 Å². The van der Waals surface area contributed by atoms with Crippen LogP contribution >= 0.6 is 11.3 Å². The van der Waals surface area contributed by atoms with Crippen molar-refractivity contribution >= 4 is 34.1 Å². The summed E-state index contributed by atoms with van der Waals surface area (Å²) in [6.45, 7) is 7.97. The van der Waals surface area contributed by atoms with E-state index in [9.17, 15) is 9.59 Å². The highest BCUT2D eigenvalue weighted by Gasteiger charge is 2.15. The molecule has 0 fully saturated rings. The molecule has 1 heterocycles. The number of thiazole rings is 1. The van der Waals surface area contributed by atoms with Crippen LogP contribution in [0.2, 0.25) is 0 Å². The molecule has 4 rings (SSSR count). The Morgan fingerprint density at radius 1 is 0.821 bits per heavy atom. The lowest BCUT2D eigenvalue weighted by Gasteiger charge is -2.22. The second kappa shape index (κ2) is 13.2. The van der Waals surface area contributed by atoms with Crippen LogP contribution in [0.4, 0.5) is 15.6 Å². The second-order valence-electron chi connectivity index (χ2n) is 10.4. The Kier molecular flexibility index (Phi) is 9.46. The molecule has 0 saturated carbocycles. The standard InChI is InChI=1S/C31H35N5O2S/c1-31(2,3)35-29(38)34-30-33-27(22-39-30)25-14-16-26(17-15-25)32-28(37)18-19-36(20-23-10-6-4-7-11-23)21-24-12-8-5-9-13-24/h4-17,22H,18-21H2,1-3H3,(H,32,37)(H2,33,34,35,38). The molecule has 7 nitrogen and oxygen atoms in total. The molecule has 4 aromatic rings. The molecule has 0 atom stereocenters. The molecule has 39 heavy (non-hydrogen) atoms. The van der Waals surface area contributed by atoms with E-state index in [1.165, 1.54) is 22.5 Å². The van der Waals surface area contributed by atoms with E-state index in [-0.39, 0.29) is 17.5 Å². The number of nitrogens with zero attached hydrogens (tertiary/aromatic N) is 2. The monoisotopic (exact) mass is 541 g/mol. The highest BCUT2D eigenvalue weighted by Crippen LogP contribution is 2.26. The largest absolute Gasteiger partial charge is 0.333 e. The number of hydrogen-bond acceptors (Lipinski definition) is 5. The summed E-state index contributed by atoms with van der Waals surface area (Å²) in [6, 6.07) is 27.9. The Balaban J connectivity index is 1.31. The molecule has 3 aromatic carbocycles. The van der Waals surface area contributed by atoms with E-state index in [0.29, 0.717) is 18.1 Å². The minimum Gasteiger partial charge on any atom is -0.333 e. The van der Waals surface area contributed by atoms with Gasteiger partial charge in [0.2, 0.25) is 5.91 Å². The summed E-state index contributed by atoms with van der Waals surface area (Å²) < 4.78 is 0. The number of carbonyl (C=O) groups is 2. The van der Waals surface area contributed by atoms with Gasteiger partial charge in [-0.3, -0.25) is 15.0 Å². The van der Waals surface area contributed by atoms with Gasteiger partial charge < -0.3 is 10.6 Å². The second-order valence-corrected chi connectivity index (χ2v) is 11.3. The summed E-state index contributed by atoms with van der Waals surface area (Å²) in [6.07, 6.45) is 0.388. The minimum atomic E-state index is -0.327. The molecular weight excluding hydrogens is 506 g/mol. The van der Waals surface area contributed by atoms with Crippen molar-refractivity contribution in [2.75, 3.05) is 17.2 Å². The number of rotatable bonds is 10. The van der Waals surface area contributed by atoms with Crippen LogP contribution in [0.5, 0.6) is 0 Å². The van der Waals surface area contributed by atoms with Gasteiger partial charge in [0.1, 0.15) is 0 Å². The van der Waals surface area contributed by atoms with Gasteiger partial charge in [0.15, 0.2) is 5.13 Å². The fraction of sp³-hybridized carbons (Fsp3) is 0.258. The van der Waals surface area contributed by atoms with Gasteiger partial charge in [-0.05, 0) is 44.0 Å². The van der Waals surface area contributed by atoms with Crippen molar-refractivity contribution in [3.8, 4) is 11.3 Å². The Bertz CT molecular complexity index is 1310. The maximum atomic E-state index is 12.8.